The van der Waals surface area contributed by atoms with E-state index in [0.29, 0.717) is 5.56 Å². The van der Waals surface area contributed by atoms with E-state index in [1.165, 1.54) is 36.7 Å². The predicted octanol–water partition coefficient (Wildman–Crippen LogP) is 25.7. The number of furan rings is 1. The first-order valence-electron chi connectivity index (χ1n) is 38.4. The number of anilines is 6. The summed E-state index contributed by atoms with van der Waals surface area (Å²) >= 11 is 1.83. The van der Waals surface area contributed by atoms with Gasteiger partial charge in [-0.25, -0.2) is 0 Å². The van der Waals surface area contributed by atoms with Crippen LogP contribution in [0.25, 0.3) is 136 Å². The fourth-order valence-corrected chi connectivity index (χ4v) is 17.9. The summed E-state index contributed by atoms with van der Waals surface area (Å²) in [5, 5.41) is 6.76. The van der Waals surface area contributed by atoms with Crippen molar-refractivity contribution in [2.45, 2.75) is 52.4 Å². The summed E-state index contributed by atoms with van der Waals surface area (Å²) in [6.07, 6.45) is 0. The summed E-state index contributed by atoms with van der Waals surface area (Å²) in [4.78, 5) is 5.14. The Bertz CT molecular complexity index is 6680. The maximum absolute atomic E-state index is 9.73. The predicted molar refractivity (Wildman–Crippen MR) is 445 cm³/mol. The number of aromatic nitrogens is 1. The molecule has 4 nitrogen and oxygen atoms in total. The molecule has 0 aliphatic carbocycles. The molecule has 104 heavy (non-hydrogen) atoms. The second-order valence-electron chi connectivity index (χ2n) is 29.9. The van der Waals surface area contributed by atoms with Crippen molar-refractivity contribution in [3.05, 3.63) is 339 Å². The highest BCUT2D eigenvalue weighted by Gasteiger charge is 2.46. The number of benzene rings is 15. The summed E-state index contributed by atoms with van der Waals surface area (Å²) in [5.41, 5.74) is 26.2. The van der Waals surface area contributed by atoms with Gasteiger partial charge in [0.15, 0.2) is 0 Å². The molecule has 0 radical (unpaired) electrons. The lowest BCUT2D eigenvalue weighted by molar-refractivity contribution is 0.590. The Morgan fingerprint density at radius 2 is 0.875 bits per heavy atom. The normalized spacial score (nSPS) is 13.5. The standard InChI is InChI=1S/C98H72BN3OS/c1-97(2,3)68-56-76(62-31-14-8-15-32-62)94(77(57-68)63-33-16-9-17-34-63)101-83-51-47-66(61-29-12-7-13-30-61)53-81(83)99-80-50-48-70(100-82-43-25-22-39-72(82)73-49-52-90-92(96(73)100)75-41-24-27-46-89(75)104-90)60-84(80)102(86-55-67(54-85(101)93(86)99)71-42-28-45-88-91(71)74-40-23-26-44-87(74)103-88)95-78(64-35-18-10-19-36-64)58-69(98(4,5)6)59-79(95)65-37-20-11-21-38-65/h7-60H,1-6H3/i7D,12D,13D,29D,30D. The second kappa shape index (κ2) is 23.7. The molecule has 18 aromatic rings. The summed E-state index contributed by atoms with van der Waals surface area (Å²) < 4.78 is 58.6. The largest absolute Gasteiger partial charge is 0.456 e. The average molecular weight is 1360 g/mol. The first-order chi connectivity index (χ1) is 52.9. The highest BCUT2D eigenvalue weighted by atomic mass is 32.1. The molecular formula is C98H72BN3OS. The maximum Gasteiger partial charge on any atom is 0.252 e. The molecular weight excluding hydrogens is 1280 g/mol. The highest BCUT2D eigenvalue weighted by Crippen LogP contribution is 2.56. The van der Waals surface area contributed by atoms with E-state index in [1.807, 2.05) is 23.5 Å². The van der Waals surface area contributed by atoms with Gasteiger partial charge in [0.05, 0.1) is 29.3 Å². The van der Waals surface area contributed by atoms with E-state index in [1.54, 1.807) is 0 Å². The molecule has 0 unspecified atom stereocenters. The van der Waals surface area contributed by atoms with Crippen LogP contribution in [-0.2, 0) is 10.8 Å². The number of thiophene rings is 1. The topological polar surface area (TPSA) is 24.6 Å². The van der Waals surface area contributed by atoms with Gasteiger partial charge in [-0.3, -0.25) is 0 Å². The Morgan fingerprint density at radius 3 is 1.47 bits per heavy atom. The van der Waals surface area contributed by atoms with Crippen molar-refractivity contribution in [1.82, 2.24) is 4.57 Å². The minimum absolute atomic E-state index is 0.136. The van der Waals surface area contributed by atoms with Crippen molar-refractivity contribution in [3.63, 3.8) is 0 Å². The lowest BCUT2D eigenvalue weighted by Crippen LogP contribution is -2.61. The Hall–Kier alpha value is -12.2. The Kier molecular flexibility index (Phi) is 12.9. The van der Waals surface area contributed by atoms with Crippen LogP contribution in [0, 0.1) is 0 Å². The lowest BCUT2D eigenvalue weighted by atomic mass is 9.33. The van der Waals surface area contributed by atoms with Gasteiger partial charge in [-0.15, -0.1) is 11.3 Å². The van der Waals surface area contributed by atoms with E-state index < -0.39 is 12.8 Å². The van der Waals surface area contributed by atoms with Crippen LogP contribution in [0.2, 0.25) is 0 Å². The molecule has 0 spiro atoms. The molecule has 0 saturated heterocycles. The fraction of sp³-hybridized carbons (Fsp3) is 0.0816. The number of nitrogens with zero attached hydrogens (tertiary/aromatic N) is 3. The third-order valence-corrected chi connectivity index (χ3v) is 22.9. The Morgan fingerprint density at radius 1 is 0.346 bits per heavy atom. The molecule has 0 bridgehead atoms. The van der Waals surface area contributed by atoms with Crippen molar-refractivity contribution >= 4 is 132 Å². The van der Waals surface area contributed by atoms with Crippen LogP contribution >= 0.6 is 11.3 Å². The van der Waals surface area contributed by atoms with E-state index in [2.05, 4.69) is 341 Å². The molecule has 2 aliphatic heterocycles. The van der Waals surface area contributed by atoms with E-state index >= 15 is 0 Å². The first-order valence-corrected chi connectivity index (χ1v) is 36.7. The fourth-order valence-electron chi connectivity index (χ4n) is 16.8. The average Bonchev–Trinajstić information content (AvgIpc) is 0.917. The minimum Gasteiger partial charge on any atom is -0.456 e. The van der Waals surface area contributed by atoms with Gasteiger partial charge in [0.1, 0.15) is 11.2 Å². The zero-order valence-electron chi connectivity index (χ0n) is 63.5. The Labute approximate surface area is 617 Å². The van der Waals surface area contributed by atoms with Gasteiger partial charge in [-0.05, 0) is 168 Å². The second-order valence-corrected chi connectivity index (χ2v) is 31.0. The molecule has 20 rings (SSSR count). The molecule has 0 N–H and O–H groups in total. The first kappa shape index (κ1) is 56.4. The summed E-state index contributed by atoms with van der Waals surface area (Å²) in [5.74, 6) is 0. The van der Waals surface area contributed by atoms with Crippen LogP contribution in [0.15, 0.2) is 332 Å². The van der Waals surface area contributed by atoms with Crippen LogP contribution < -0.4 is 26.2 Å². The smallest absolute Gasteiger partial charge is 0.252 e. The minimum atomic E-state index is -0.560. The van der Waals surface area contributed by atoms with Crippen molar-refractivity contribution in [1.29, 1.82) is 0 Å². The molecule has 15 aromatic carbocycles. The highest BCUT2D eigenvalue weighted by molar-refractivity contribution is 7.26. The third-order valence-electron chi connectivity index (χ3n) is 21.7. The monoisotopic (exact) mass is 1350 g/mol. The summed E-state index contributed by atoms with van der Waals surface area (Å²) in [6, 6.07) is 107. The lowest BCUT2D eigenvalue weighted by Gasteiger charge is -2.46. The van der Waals surface area contributed by atoms with Crippen LogP contribution in [0.3, 0.4) is 0 Å². The quantitative estimate of drug-likeness (QED) is 0.135. The van der Waals surface area contributed by atoms with E-state index in [4.69, 9.17) is 5.79 Å². The van der Waals surface area contributed by atoms with Crippen LogP contribution in [0.5, 0.6) is 0 Å². The molecule has 5 heterocycles. The number of fused-ring (bicyclic) bond motifs is 14. The number of hydrogen-bond donors (Lipinski definition) is 0. The van der Waals surface area contributed by atoms with Gasteiger partial charge in [-0.1, -0.05) is 284 Å². The molecule has 2 aliphatic rings. The molecule has 6 heteroatoms. The van der Waals surface area contributed by atoms with Gasteiger partial charge < -0.3 is 18.8 Å². The van der Waals surface area contributed by atoms with Crippen LogP contribution in [0.1, 0.15) is 59.5 Å². The van der Waals surface area contributed by atoms with Crippen LogP contribution in [0.4, 0.5) is 34.1 Å². The summed E-state index contributed by atoms with van der Waals surface area (Å²) in [7, 11) is 0. The molecule has 0 atom stereocenters. The Balaban J connectivity index is 1.01. The van der Waals surface area contributed by atoms with Crippen molar-refractivity contribution < 1.29 is 11.3 Å². The summed E-state index contributed by atoms with van der Waals surface area (Å²) in [6.45, 7) is 13.2. The van der Waals surface area contributed by atoms with Gasteiger partial charge >= 0.3 is 0 Å². The molecule has 3 aromatic heterocycles. The SMILES string of the molecule is [2H]c1c([2H])c([2H])c(-c2ccc3c(c2)B2c4ccc(-n5c6ccccc6c6ccc7sc8ccccc8c7c65)cc4N(c4c(-c5ccccc5)cc(C(C)(C)C)cc4-c4ccccc4)c4cc(-c5cccc6oc7ccccc7c56)cc(c42)N3c2c(-c3ccccc3)cc(C(C)(C)C)cc2-c2ccccc2)c([2H])c1[2H]. The van der Waals surface area contributed by atoms with Gasteiger partial charge in [0, 0.05) is 92.4 Å². The molecule has 0 amide bonds. The zero-order valence-corrected chi connectivity index (χ0v) is 59.3. The van der Waals surface area contributed by atoms with E-state index in [-0.39, 0.29) is 40.6 Å². The zero-order chi connectivity index (χ0) is 74.0. The molecule has 0 saturated carbocycles. The number of rotatable bonds is 9. The van der Waals surface area contributed by atoms with Crippen molar-refractivity contribution in [3.8, 4) is 72.4 Å². The van der Waals surface area contributed by atoms with Gasteiger partial charge in [0.25, 0.3) is 6.71 Å². The third kappa shape index (κ3) is 9.72. The molecule has 494 valence electrons. The van der Waals surface area contributed by atoms with Gasteiger partial charge in [0.2, 0.25) is 0 Å². The van der Waals surface area contributed by atoms with Crippen molar-refractivity contribution in [2.75, 3.05) is 9.80 Å². The van der Waals surface area contributed by atoms with E-state index in [0.717, 1.165) is 150 Å². The van der Waals surface area contributed by atoms with Gasteiger partial charge in [-0.2, -0.15) is 0 Å². The number of hydrogen-bond acceptors (Lipinski definition) is 4. The van der Waals surface area contributed by atoms with Crippen LogP contribution in [-0.4, -0.2) is 11.3 Å². The van der Waals surface area contributed by atoms with Crippen molar-refractivity contribution in [2.24, 2.45) is 0 Å². The van der Waals surface area contributed by atoms with E-state index in [9.17, 15) is 5.48 Å². The number of para-hydroxylation sites is 2. The maximum atomic E-state index is 9.73. The molecule has 0 fully saturated rings.